The highest BCUT2D eigenvalue weighted by atomic mass is 32.2. The van der Waals surface area contributed by atoms with Gasteiger partial charge in [-0.3, -0.25) is 4.90 Å². The quantitative estimate of drug-likeness (QED) is 0.786. The van der Waals surface area contributed by atoms with Crippen LogP contribution in [0.15, 0.2) is 53.1 Å². The van der Waals surface area contributed by atoms with Gasteiger partial charge in [0.25, 0.3) is 0 Å². The molecule has 20 heavy (non-hydrogen) atoms. The summed E-state index contributed by atoms with van der Waals surface area (Å²) < 4.78 is 28.0. The van der Waals surface area contributed by atoms with Crippen molar-refractivity contribution >= 4 is 9.84 Å². The van der Waals surface area contributed by atoms with E-state index in [9.17, 15) is 8.42 Å². The fourth-order valence-corrected chi connectivity index (χ4v) is 2.56. The minimum atomic E-state index is -2.96. The smallest absolute Gasteiger partial charge is 0.148 e. The molecule has 0 fully saturated rings. The standard InChI is InChI=1S/C15H19NO3S/c1-20(17,18)11-9-16(13-15-8-5-10-19-15)12-14-6-3-2-4-7-14/h2-8,10H,9,11-13H2,1H3. The van der Waals surface area contributed by atoms with Gasteiger partial charge in [0, 0.05) is 19.3 Å². The van der Waals surface area contributed by atoms with Gasteiger partial charge in [0.05, 0.1) is 18.6 Å². The van der Waals surface area contributed by atoms with Gasteiger partial charge in [0.15, 0.2) is 0 Å². The number of hydrogen-bond acceptors (Lipinski definition) is 4. The first-order valence-electron chi connectivity index (χ1n) is 6.49. The van der Waals surface area contributed by atoms with Crippen molar-refractivity contribution in [3.05, 3.63) is 60.1 Å². The Kier molecular flexibility index (Phi) is 4.98. The van der Waals surface area contributed by atoms with Crippen LogP contribution in [0.4, 0.5) is 0 Å². The average Bonchev–Trinajstić information content (AvgIpc) is 2.89. The minimum Gasteiger partial charge on any atom is -0.468 e. The van der Waals surface area contributed by atoms with Crippen LogP contribution in [0.1, 0.15) is 11.3 Å². The topological polar surface area (TPSA) is 50.5 Å². The Morgan fingerprint density at radius 1 is 1.05 bits per heavy atom. The number of hydrogen-bond donors (Lipinski definition) is 0. The van der Waals surface area contributed by atoms with Gasteiger partial charge >= 0.3 is 0 Å². The summed E-state index contributed by atoms with van der Waals surface area (Å²) in [5.74, 6) is 0.995. The molecule has 0 radical (unpaired) electrons. The molecule has 4 nitrogen and oxygen atoms in total. The van der Waals surface area contributed by atoms with Crippen LogP contribution < -0.4 is 0 Å². The Morgan fingerprint density at radius 2 is 1.80 bits per heavy atom. The van der Waals surface area contributed by atoms with Crippen LogP contribution in [0.3, 0.4) is 0 Å². The number of rotatable bonds is 7. The number of benzene rings is 1. The molecule has 0 N–H and O–H groups in total. The summed E-state index contributed by atoms with van der Waals surface area (Å²) in [5, 5.41) is 0. The molecule has 0 aliphatic carbocycles. The summed E-state index contributed by atoms with van der Waals surface area (Å²) in [4.78, 5) is 2.08. The Labute approximate surface area is 119 Å². The van der Waals surface area contributed by atoms with Crippen LogP contribution >= 0.6 is 0 Å². The predicted octanol–water partition coefficient (Wildman–Crippen LogP) is 2.33. The van der Waals surface area contributed by atoms with E-state index in [0.29, 0.717) is 19.6 Å². The van der Waals surface area contributed by atoms with Crippen LogP contribution in [0.2, 0.25) is 0 Å². The van der Waals surface area contributed by atoms with Gasteiger partial charge in [-0.25, -0.2) is 8.42 Å². The van der Waals surface area contributed by atoms with Gasteiger partial charge in [-0.1, -0.05) is 30.3 Å². The molecule has 5 heteroatoms. The molecule has 0 saturated carbocycles. The van der Waals surface area contributed by atoms with Gasteiger partial charge in [0.1, 0.15) is 15.6 Å². The second-order valence-corrected chi connectivity index (χ2v) is 7.17. The fourth-order valence-electron chi connectivity index (χ4n) is 1.97. The minimum absolute atomic E-state index is 0.153. The first kappa shape index (κ1) is 14.8. The molecule has 108 valence electrons. The molecule has 0 amide bonds. The molecule has 2 rings (SSSR count). The summed E-state index contributed by atoms with van der Waals surface area (Å²) in [6.45, 7) is 1.81. The van der Waals surface area contributed by atoms with E-state index in [2.05, 4.69) is 4.90 Å². The zero-order valence-corrected chi connectivity index (χ0v) is 12.3. The summed E-state index contributed by atoms with van der Waals surface area (Å²) in [5.41, 5.74) is 1.16. The van der Waals surface area contributed by atoms with Gasteiger partial charge in [-0.2, -0.15) is 0 Å². The Bertz CT molecular complexity index is 606. The molecule has 0 atom stereocenters. The van der Waals surface area contributed by atoms with E-state index in [-0.39, 0.29) is 5.75 Å². The van der Waals surface area contributed by atoms with Crippen LogP contribution in [0.25, 0.3) is 0 Å². The van der Waals surface area contributed by atoms with Crippen LogP contribution in [-0.4, -0.2) is 31.9 Å². The predicted molar refractivity (Wildman–Crippen MR) is 79.0 cm³/mol. The summed E-state index contributed by atoms with van der Waals surface area (Å²) >= 11 is 0. The maximum atomic E-state index is 11.3. The van der Waals surface area contributed by atoms with Gasteiger partial charge < -0.3 is 4.42 Å². The number of sulfone groups is 1. The van der Waals surface area contributed by atoms with Crippen molar-refractivity contribution in [2.24, 2.45) is 0 Å². The van der Waals surface area contributed by atoms with Crippen molar-refractivity contribution in [2.75, 3.05) is 18.6 Å². The largest absolute Gasteiger partial charge is 0.468 e. The SMILES string of the molecule is CS(=O)(=O)CCN(Cc1ccccc1)Cc1ccco1. The lowest BCUT2D eigenvalue weighted by Crippen LogP contribution is -2.28. The molecule has 1 heterocycles. The van der Waals surface area contributed by atoms with E-state index in [4.69, 9.17) is 4.42 Å². The van der Waals surface area contributed by atoms with Crippen LogP contribution in [0.5, 0.6) is 0 Å². The van der Waals surface area contributed by atoms with E-state index in [1.54, 1.807) is 6.26 Å². The molecular weight excluding hydrogens is 274 g/mol. The average molecular weight is 293 g/mol. The number of nitrogens with zero attached hydrogens (tertiary/aromatic N) is 1. The Hall–Kier alpha value is -1.59. The van der Waals surface area contributed by atoms with E-state index >= 15 is 0 Å². The monoisotopic (exact) mass is 293 g/mol. The highest BCUT2D eigenvalue weighted by molar-refractivity contribution is 7.90. The third-order valence-corrected chi connectivity index (χ3v) is 3.91. The van der Waals surface area contributed by atoms with Crippen molar-refractivity contribution in [1.82, 2.24) is 4.90 Å². The summed E-state index contributed by atoms with van der Waals surface area (Å²) in [7, 11) is -2.96. The first-order chi connectivity index (χ1) is 9.53. The van der Waals surface area contributed by atoms with E-state index in [1.807, 2.05) is 42.5 Å². The van der Waals surface area contributed by atoms with Gasteiger partial charge in [0.2, 0.25) is 0 Å². The second kappa shape index (κ2) is 6.72. The van der Waals surface area contributed by atoms with Crippen molar-refractivity contribution in [3.63, 3.8) is 0 Å². The molecule has 1 aromatic heterocycles. The van der Waals surface area contributed by atoms with E-state index in [0.717, 1.165) is 11.3 Å². The van der Waals surface area contributed by atoms with E-state index < -0.39 is 9.84 Å². The van der Waals surface area contributed by atoms with Crippen molar-refractivity contribution < 1.29 is 12.8 Å². The molecule has 0 bridgehead atoms. The maximum absolute atomic E-state index is 11.3. The number of furan rings is 1. The summed E-state index contributed by atoms with van der Waals surface area (Å²) in [6.07, 6.45) is 2.90. The van der Waals surface area contributed by atoms with Crippen molar-refractivity contribution in [2.45, 2.75) is 13.1 Å². The van der Waals surface area contributed by atoms with Gasteiger partial charge in [-0.15, -0.1) is 0 Å². The zero-order valence-electron chi connectivity index (χ0n) is 11.5. The van der Waals surface area contributed by atoms with E-state index in [1.165, 1.54) is 6.26 Å². The van der Waals surface area contributed by atoms with Gasteiger partial charge in [-0.05, 0) is 17.7 Å². The maximum Gasteiger partial charge on any atom is 0.148 e. The third-order valence-electron chi connectivity index (χ3n) is 2.99. The Balaban J connectivity index is 2.03. The molecule has 2 aromatic rings. The molecule has 1 aromatic carbocycles. The highest BCUT2D eigenvalue weighted by Gasteiger charge is 2.12. The van der Waals surface area contributed by atoms with Crippen molar-refractivity contribution in [1.29, 1.82) is 0 Å². The zero-order chi connectivity index (χ0) is 14.4. The van der Waals surface area contributed by atoms with Crippen LogP contribution in [-0.2, 0) is 22.9 Å². The normalized spacial score (nSPS) is 11.9. The molecular formula is C15H19NO3S. The first-order valence-corrected chi connectivity index (χ1v) is 8.55. The molecule has 0 spiro atoms. The van der Waals surface area contributed by atoms with Crippen molar-refractivity contribution in [3.8, 4) is 0 Å². The lowest BCUT2D eigenvalue weighted by atomic mass is 10.2. The van der Waals surface area contributed by atoms with Crippen LogP contribution in [0, 0.1) is 0 Å². The molecule has 0 aliphatic heterocycles. The lowest BCUT2D eigenvalue weighted by Gasteiger charge is -2.20. The Morgan fingerprint density at radius 3 is 2.40 bits per heavy atom. The highest BCUT2D eigenvalue weighted by Crippen LogP contribution is 2.10. The second-order valence-electron chi connectivity index (χ2n) is 4.91. The summed E-state index contributed by atoms with van der Waals surface area (Å²) in [6, 6.07) is 13.8. The lowest BCUT2D eigenvalue weighted by molar-refractivity contribution is 0.248. The molecule has 0 saturated heterocycles. The fraction of sp³-hybridized carbons (Fsp3) is 0.333. The third kappa shape index (κ3) is 5.19. The molecule has 0 aliphatic rings. The molecule has 0 unspecified atom stereocenters.